The van der Waals surface area contributed by atoms with E-state index in [1.807, 2.05) is 36.4 Å². The lowest BCUT2D eigenvalue weighted by Gasteiger charge is -2.12. The molecular formula is C27H33N7O2S. The molecule has 1 fully saturated rings. The number of amides is 2. The Morgan fingerprint density at radius 2 is 1.81 bits per heavy atom. The van der Waals surface area contributed by atoms with Gasteiger partial charge in [0.15, 0.2) is 5.17 Å². The first-order valence-electron chi connectivity index (χ1n) is 12.1. The lowest BCUT2D eigenvalue weighted by molar-refractivity contribution is -0.120. The van der Waals surface area contributed by atoms with Gasteiger partial charge in [-0.1, -0.05) is 36.4 Å². The van der Waals surface area contributed by atoms with Crippen LogP contribution in [0.5, 0.6) is 0 Å². The minimum Gasteiger partial charge on any atom is -0.402 e. The predicted molar refractivity (Wildman–Crippen MR) is 148 cm³/mol. The molecule has 9 nitrogen and oxygen atoms in total. The van der Waals surface area contributed by atoms with E-state index in [0.717, 1.165) is 36.6 Å². The highest BCUT2D eigenvalue weighted by Crippen LogP contribution is 2.37. The van der Waals surface area contributed by atoms with Crippen LogP contribution in [0.1, 0.15) is 36.9 Å². The molecule has 1 aromatic heterocycles. The molecule has 1 heterocycles. The fourth-order valence-corrected chi connectivity index (χ4v) is 4.92. The molecule has 0 unspecified atom stereocenters. The number of hydrogen-bond donors (Lipinski definition) is 5. The lowest BCUT2D eigenvalue weighted by Crippen LogP contribution is -2.28. The number of rotatable bonds is 9. The maximum Gasteiger partial charge on any atom is 0.254 e. The van der Waals surface area contributed by atoms with Gasteiger partial charge in [0, 0.05) is 23.5 Å². The van der Waals surface area contributed by atoms with Crippen LogP contribution in [-0.4, -0.2) is 27.0 Å². The van der Waals surface area contributed by atoms with Gasteiger partial charge in [0.1, 0.15) is 5.82 Å². The van der Waals surface area contributed by atoms with E-state index in [4.69, 9.17) is 22.6 Å². The molecule has 1 saturated carbocycles. The zero-order valence-electron chi connectivity index (χ0n) is 20.6. The van der Waals surface area contributed by atoms with Crippen LogP contribution in [0, 0.1) is 17.2 Å². The fraction of sp³-hybridized carbons (Fsp3) is 0.296. The molecule has 0 bridgehead atoms. The molecule has 0 spiro atoms. The first kappa shape index (κ1) is 27.7. The summed E-state index contributed by atoms with van der Waals surface area (Å²) in [7, 11) is 0. The van der Waals surface area contributed by atoms with Crippen molar-refractivity contribution in [1.82, 2.24) is 10.3 Å². The maximum absolute atomic E-state index is 12.1. The van der Waals surface area contributed by atoms with E-state index in [1.165, 1.54) is 0 Å². The number of carbonyl (C=O) groups is 2. The molecule has 2 amide bonds. The second-order valence-electron chi connectivity index (χ2n) is 8.96. The Hall–Kier alpha value is -3.92. The van der Waals surface area contributed by atoms with Crippen molar-refractivity contribution in [2.24, 2.45) is 34.0 Å². The molecule has 0 saturated heterocycles. The second kappa shape index (κ2) is 14.0. The number of thioether (sulfide) groups is 1. The third-order valence-electron chi connectivity index (χ3n) is 5.91. The third-order valence-corrected chi connectivity index (χ3v) is 6.77. The highest BCUT2D eigenvalue weighted by molar-refractivity contribution is 8.26. The Kier molecular flexibility index (Phi) is 10.5. The van der Waals surface area contributed by atoms with Crippen LogP contribution in [-0.2, 0) is 22.4 Å². The average molecular weight is 520 g/mol. The van der Waals surface area contributed by atoms with Gasteiger partial charge in [0.25, 0.3) is 5.91 Å². The number of aliphatic imine (C=N–C) groups is 1. The van der Waals surface area contributed by atoms with E-state index in [9.17, 15) is 9.59 Å². The van der Waals surface area contributed by atoms with Crippen molar-refractivity contribution in [2.75, 3.05) is 0 Å². The van der Waals surface area contributed by atoms with Crippen LogP contribution < -0.4 is 22.5 Å². The fourth-order valence-electron chi connectivity index (χ4n) is 4.16. The smallest absolute Gasteiger partial charge is 0.254 e. The predicted octanol–water partition coefficient (Wildman–Crippen LogP) is 2.98. The summed E-state index contributed by atoms with van der Waals surface area (Å²) in [5, 5.41) is 11.5. The molecule has 2 atom stereocenters. The summed E-state index contributed by atoms with van der Waals surface area (Å²) in [6, 6.07) is 14.8. The number of carbonyl (C=O) groups excluding carboxylic acids is 2. The number of amidine groups is 1. The topological polar surface area (TPSA) is 173 Å². The Morgan fingerprint density at radius 1 is 1.05 bits per heavy atom. The molecule has 8 N–H and O–H groups in total. The summed E-state index contributed by atoms with van der Waals surface area (Å²) >= 11 is 1.03. The Morgan fingerprint density at radius 3 is 2.54 bits per heavy atom. The van der Waals surface area contributed by atoms with Crippen LogP contribution in [0.15, 0.2) is 83.4 Å². The minimum absolute atomic E-state index is 0.0559. The number of allylic oxidation sites excluding steroid dienone is 3. The molecule has 1 aliphatic carbocycles. The zero-order chi connectivity index (χ0) is 26.6. The van der Waals surface area contributed by atoms with Gasteiger partial charge in [-0.2, -0.15) is 4.99 Å². The molecule has 194 valence electrons. The SMILES string of the molecule is N=C(SC(N)=NC(=O)Cc1ccccn1)[C@H]1CC[C@@H](C/C(N)=C/C=C(\N)NC(=O)Cc2ccccc2)C1. The summed E-state index contributed by atoms with van der Waals surface area (Å²) in [5.74, 6) is 0.0394. The largest absolute Gasteiger partial charge is 0.402 e. The summed E-state index contributed by atoms with van der Waals surface area (Å²) in [6.07, 6.45) is 8.51. The van der Waals surface area contributed by atoms with Crippen molar-refractivity contribution in [3.05, 3.63) is 89.7 Å². The molecule has 2 aromatic rings. The van der Waals surface area contributed by atoms with E-state index < -0.39 is 0 Å². The molecule has 0 radical (unpaired) electrons. The van der Waals surface area contributed by atoms with Gasteiger partial charge < -0.3 is 22.5 Å². The normalized spacial score (nSPS) is 18.4. The van der Waals surface area contributed by atoms with Crippen molar-refractivity contribution in [3.8, 4) is 0 Å². The van der Waals surface area contributed by atoms with Gasteiger partial charge in [-0.05, 0) is 73.2 Å². The van der Waals surface area contributed by atoms with Gasteiger partial charge in [-0.3, -0.25) is 20.0 Å². The average Bonchev–Trinajstić information content (AvgIpc) is 3.32. The van der Waals surface area contributed by atoms with Crippen molar-refractivity contribution in [1.29, 1.82) is 5.41 Å². The molecule has 1 aromatic carbocycles. The minimum atomic E-state index is -0.387. The third kappa shape index (κ3) is 9.92. The van der Waals surface area contributed by atoms with Crippen molar-refractivity contribution in [2.45, 2.75) is 38.5 Å². The first-order chi connectivity index (χ1) is 17.8. The Bertz CT molecular complexity index is 1180. The summed E-state index contributed by atoms with van der Waals surface area (Å²) in [6.45, 7) is 0. The number of aromatic nitrogens is 1. The molecule has 1 aliphatic rings. The van der Waals surface area contributed by atoms with E-state index >= 15 is 0 Å². The standard InChI is InChI=1S/C27H33N7O2S/c28-21(11-12-23(29)33-24(35)16-18-6-2-1-3-7-18)15-19-9-10-20(14-19)26(30)37-27(31)34-25(36)17-22-8-4-5-13-32-22/h1-8,11-13,19-20,30H,9-10,14-17,28-29H2,(H,33,35)(H2,31,34,36)/b21-11-,23-12+,30-26?/t19-,20+/m1/s1. The van der Waals surface area contributed by atoms with Gasteiger partial charge >= 0.3 is 0 Å². The van der Waals surface area contributed by atoms with Crippen molar-refractivity contribution < 1.29 is 9.59 Å². The lowest BCUT2D eigenvalue weighted by atomic mass is 10.00. The van der Waals surface area contributed by atoms with Gasteiger partial charge in [-0.25, -0.2) is 0 Å². The highest BCUT2D eigenvalue weighted by atomic mass is 32.2. The monoisotopic (exact) mass is 519 g/mol. The van der Waals surface area contributed by atoms with Crippen molar-refractivity contribution >= 4 is 33.8 Å². The van der Waals surface area contributed by atoms with Gasteiger partial charge in [-0.15, -0.1) is 0 Å². The summed E-state index contributed by atoms with van der Waals surface area (Å²) in [4.78, 5) is 32.2. The number of pyridine rings is 1. The number of nitrogens with zero attached hydrogens (tertiary/aromatic N) is 2. The number of hydrogen-bond acceptors (Lipinski definition) is 7. The summed E-state index contributed by atoms with van der Waals surface area (Å²) in [5.41, 5.74) is 20.2. The number of benzene rings is 1. The Balaban J connectivity index is 1.41. The van der Waals surface area contributed by atoms with Gasteiger partial charge in [0.2, 0.25) is 5.91 Å². The number of nitrogens with one attached hydrogen (secondary N) is 2. The maximum atomic E-state index is 12.1. The second-order valence-corrected chi connectivity index (χ2v) is 10.0. The highest BCUT2D eigenvalue weighted by Gasteiger charge is 2.28. The quantitative estimate of drug-likeness (QED) is 0.192. The van der Waals surface area contributed by atoms with E-state index in [2.05, 4.69) is 15.3 Å². The summed E-state index contributed by atoms with van der Waals surface area (Å²) < 4.78 is 0. The molecule has 10 heteroatoms. The van der Waals surface area contributed by atoms with Crippen LogP contribution in [0.4, 0.5) is 0 Å². The number of nitrogens with two attached hydrogens (primary N) is 3. The molecule has 3 rings (SSSR count). The molecule has 37 heavy (non-hydrogen) atoms. The van der Waals surface area contributed by atoms with E-state index in [0.29, 0.717) is 28.8 Å². The van der Waals surface area contributed by atoms with E-state index in [1.54, 1.807) is 30.5 Å². The van der Waals surface area contributed by atoms with E-state index in [-0.39, 0.29) is 41.6 Å². The van der Waals surface area contributed by atoms with Crippen LogP contribution in [0.25, 0.3) is 0 Å². The zero-order valence-corrected chi connectivity index (χ0v) is 21.4. The molecular weight excluding hydrogens is 486 g/mol. The van der Waals surface area contributed by atoms with Crippen LogP contribution in [0.3, 0.4) is 0 Å². The van der Waals surface area contributed by atoms with Crippen LogP contribution >= 0.6 is 11.8 Å². The van der Waals surface area contributed by atoms with Gasteiger partial charge in [0.05, 0.1) is 17.9 Å². The molecule has 0 aliphatic heterocycles. The van der Waals surface area contributed by atoms with Crippen LogP contribution in [0.2, 0.25) is 0 Å². The first-order valence-corrected chi connectivity index (χ1v) is 12.9. The Labute approximate surface area is 221 Å². The van der Waals surface area contributed by atoms with Crippen molar-refractivity contribution in [3.63, 3.8) is 0 Å².